The maximum absolute atomic E-state index is 9.57. The van der Waals surface area contributed by atoms with Crippen LogP contribution < -0.4 is 0 Å². The van der Waals surface area contributed by atoms with Gasteiger partial charge in [-0.25, -0.2) is 0 Å². The molecule has 1 aliphatic heterocycles. The topological polar surface area (TPSA) is 60.5 Å². The molecule has 0 aliphatic carbocycles. The van der Waals surface area contributed by atoms with Crippen LogP contribution in [0.5, 0.6) is 0 Å². The van der Waals surface area contributed by atoms with Crippen LogP contribution in [0.1, 0.15) is 16.7 Å². The molecule has 3 aromatic rings. The zero-order valence-electron chi connectivity index (χ0n) is 18.1. The van der Waals surface area contributed by atoms with Gasteiger partial charge in [-0.1, -0.05) is 91.0 Å². The van der Waals surface area contributed by atoms with E-state index in [2.05, 4.69) is 0 Å². The van der Waals surface area contributed by atoms with Crippen molar-refractivity contribution >= 4 is 0 Å². The Morgan fingerprint density at radius 1 is 0.688 bits per heavy atom. The Morgan fingerprint density at radius 3 is 1.69 bits per heavy atom. The van der Waals surface area contributed by atoms with Gasteiger partial charge >= 0.3 is 0 Å². The molecular weight excluding hydrogens is 404 g/mol. The Hall–Kier alpha value is -2.54. The van der Waals surface area contributed by atoms with Gasteiger partial charge in [0.2, 0.25) is 0 Å². The number of epoxide rings is 1. The summed E-state index contributed by atoms with van der Waals surface area (Å²) in [5.74, 6) is 0. The van der Waals surface area contributed by atoms with Crippen LogP contribution >= 0.6 is 0 Å². The third-order valence-electron chi connectivity index (χ3n) is 5.48. The average Bonchev–Trinajstić information content (AvgIpc) is 3.64. The molecule has 0 amide bonds. The van der Waals surface area contributed by atoms with Gasteiger partial charge < -0.3 is 24.1 Å². The van der Waals surface area contributed by atoms with E-state index in [1.165, 1.54) is 0 Å². The number of hydrogen-bond acceptors (Lipinski definition) is 5. The van der Waals surface area contributed by atoms with Crippen LogP contribution in [0.2, 0.25) is 0 Å². The Balaban J connectivity index is 1.43. The van der Waals surface area contributed by atoms with E-state index in [0.717, 1.165) is 16.7 Å². The van der Waals surface area contributed by atoms with Gasteiger partial charge in [0, 0.05) is 0 Å². The maximum Gasteiger partial charge on any atom is 0.115 e. The lowest BCUT2D eigenvalue weighted by atomic mass is 10.1. The summed E-state index contributed by atoms with van der Waals surface area (Å²) in [6.45, 7) is 1.70. The minimum atomic E-state index is -0.355. The Bertz CT molecular complexity index is 903. The van der Waals surface area contributed by atoms with Crippen LogP contribution in [0.15, 0.2) is 91.0 Å². The van der Waals surface area contributed by atoms with E-state index in [-0.39, 0.29) is 31.0 Å². The van der Waals surface area contributed by atoms with Gasteiger partial charge in [0.25, 0.3) is 0 Å². The van der Waals surface area contributed by atoms with Gasteiger partial charge in [-0.05, 0) is 16.7 Å². The van der Waals surface area contributed by atoms with E-state index in [1.54, 1.807) is 0 Å². The van der Waals surface area contributed by atoms with Gasteiger partial charge in [-0.2, -0.15) is 0 Å². The highest BCUT2D eigenvalue weighted by Gasteiger charge is 2.48. The van der Waals surface area contributed by atoms with Crippen molar-refractivity contribution in [3.63, 3.8) is 0 Å². The summed E-state index contributed by atoms with van der Waals surface area (Å²) >= 11 is 0. The summed E-state index contributed by atoms with van der Waals surface area (Å²) in [4.78, 5) is 0. The van der Waals surface area contributed by atoms with Crippen molar-refractivity contribution in [1.29, 1.82) is 0 Å². The first-order chi connectivity index (χ1) is 15.8. The SMILES string of the molecule is OC[C@@H]1O[C@H]1[C@@H](OCc1ccccc1)[C@@H](COCc1ccccc1)OCc1ccccc1. The van der Waals surface area contributed by atoms with E-state index in [4.69, 9.17) is 18.9 Å². The molecular formula is C27H30O5. The highest BCUT2D eigenvalue weighted by atomic mass is 16.6. The van der Waals surface area contributed by atoms with Crippen LogP contribution in [0.25, 0.3) is 0 Å². The predicted molar refractivity (Wildman–Crippen MR) is 122 cm³/mol. The van der Waals surface area contributed by atoms with E-state index in [1.807, 2.05) is 91.0 Å². The summed E-state index contributed by atoms with van der Waals surface area (Å²) in [5, 5.41) is 9.57. The third kappa shape index (κ3) is 6.73. The molecule has 5 nitrogen and oxygen atoms in total. The molecule has 3 aromatic carbocycles. The highest BCUT2D eigenvalue weighted by Crippen LogP contribution is 2.31. The molecule has 4 atom stereocenters. The Kier molecular flexibility index (Phi) is 8.42. The van der Waals surface area contributed by atoms with E-state index < -0.39 is 0 Å². The molecule has 1 fully saturated rings. The van der Waals surface area contributed by atoms with E-state index in [0.29, 0.717) is 26.4 Å². The fraction of sp³-hybridized carbons (Fsp3) is 0.333. The number of rotatable bonds is 13. The number of aliphatic hydroxyl groups excluding tert-OH is 1. The molecule has 0 saturated carbocycles. The van der Waals surface area contributed by atoms with Crippen LogP contribution in [-0.4, -0.2) is 42.7 Å². The maximum atomic E-state index is 9.57. The first-order valence-corrected chi connectivity index (χ1v) is 11.0. The van der Waals surface area contributed by atoms with Crippen molar-refractivity contribution in [1.82, 2.24) is 0 Å². The average molecular weight is 435 g/mol. The van der Waals surface area contributed by atoms with Crippen LogP contribution in [0.3, 0.4) is 0 Å². The van der Waals surface area contributed by atoms with Crippen LogP contribution in [0.4, 0.5) is 0 Å². The van der Waals surface area contributed by atoms with Crippen molar-refractivity contribution < 1.29 is 24.1 Å². The fourth-order valence-electron chi connectivity index (χ4n) is 3.66. The molecule has 0 aromatic heterocycles. The summed E-state index contributed by atoms with van der Waals surface area (Å²) in [6, 6.07) is 30.1. The monoisotopic (exact) mass is 434 g/mol. The second kappa shape index (κ2) is 11.9. The van der Waals surface area contributed by atoms with Gasteiger partial charge in [-0.3, -0.25) is 0 Å². The second-order valence-electron chi connectivity index (χ2n) is 7.92. The van der Waals surface area contributed by atoms with Crippen LogP contribution in [-0.2, 0) is 38.8 Å². The molecule has 1 saturated heterocycles. The van der Waals surface area contributed by atoms with Crippen molar-refractivity contribution in [2.75, 3.05) is 13.2 Å². The lowest BCUT2D eigenvalue weighted by Crippen LogP contribution is -2.40. The number of benzene rings is 3. The highest BCUT2D eigenvalue weighted by molar-refractivity contribution is 5.15. The van der Waals surface area contributed by atoms with Gasteiger partial charge in [0.1, 0.15) is 24.4 Å². The van der Waals surface area contributed by atoms with Crippen molar-refractivity contribution in [3.05, 3.63) is 108 Å². The van der Waals surface area contributed by atoms with E-state index in [9.17, 15) is 5.11 Å². The molecule has 32 heavy (non-hydrogen) atoms. The zero-order valence-corrected chi connectivity index (χ0v) is 18.1. The first kappa shape index (κ1) is 22.6. The lowest BCUT2D eigenvalue weighted by molar-refractivity contribution is -0.124. The van der Waals surface area contributed by atoms with Crippen LogP contribution in [0, 0.1) is 0 Å². The summed E-state index contributed by atoms with van der Waals surface area (Å²) < 4.78 is 24.3. The van der Waals surface area contributed by atoms with E-state index >= 15 is 0 Å². The molecule has 0 bridgehead atoms. The minimum Gasteiger partial charge on any atom is -0.394 e. The van der Waals surface area contributed by atoms with Gasteiger partial charge in [0.05, 0.1) is 33.0 Å². The van der Waals surface area contributed by atoms with Crippen molar-refractivity contribution in [2.24, 2.45) is 0 Å². The molecule has 1 aliphatic rings. The predicted octanol–water partition coefficient (Wildman–Crippen LogP) is 4.13. The summed E-state index contributed by atoms with van der Waals surface area (Å²) in [5.41, 5.74) is 3.26. The smallest absolute Gasteiger partial charge is 0.115 e. The largest absolute Gasteiger partial charge is 0.394 e. The number of hydrogen-bond donors (Lipinski definition) is 1. The van der Waals surface area contributed by atoms with Crippen molar-refractivity contribution in [3.8, 4) is 0 Å². The third-order valence-corrected chi connectivity index (χ3v) is 5.48. The Morgan fingerprint density at radius 2 is 1.19 bits per heavy atom. The van der Waals surface area contributed by atoms with Gasteiger partial charge in [0.15, 0.2) is 0 Å². The number of ether oxygens (including phenoxy) is 4. The molecule has 0 radical (unpaired) electrons. The fourth-order valence-corrected chi connectivity index (χ4v) is 3.66. The standard InChI is InChI=1S/C27H30O5/c28-16-24-27(32-24)26(31-19-23-14-8-3-9-15-23)25(30-18-22-12-6-2-7-13-22)20-29-17-21-10-4-1-5-11-21/h1-15,24-28H,16-20H2/t24-,25+,26-,27+/m0/s1. The molecule has 1 heterocycles. The number of aliphatic hydroxyl groups is 1. The minimum absolute atomic E-state index is 0.0356. The molecule has 1 N–H and O–H groups in total. The molecule has 4 rings (SSSR count). The second-order valence-corrected chi connectivity index (χ2v) is 7.92. The summed E-state index contributed by atoms with van der Waals surface area (Å²) in [7, 11) is 0. The van der Waals surface area contributed by atoms with Gasteiger partial charge in [-0.15, -0.1) is 0 Å². The zero-order chi connectivity index (χ0) is 22.0. The quantitative estimate of drug-likeness (QED) is 0.410. The Labute approximate surface area is 189 Å². The van der Waals surface area contributed by atoms with Crippen molar-refractivity contribution in [2.45, 2.75) is 44.2 Å². The molecule has 0 spiro atoms. The first-order valence-electron chi connectivity index (χ1n) is 11.0. The molecule has 0 unspecified atom stereocenters. The summed E-state index contributed by atoms with van der Waals surface area (Å²) in [6.07, 6.45) is -1.14. The molecule has 5 heteroatoms. The normalized spacial score (nSPS) is 19.4. The molecule has 168 valence electrons. The lowest BCUT2D eigenvalue weighted by Gasteiger charge is -2.27.